The third kappa shape index (κ3) is 8.44. The molecule has 0 aliphatic heterocycles. The zero-order valence-electron chi connectivity index (χ0n) is 23.1. The van der Waals surface area contributed by atoms with Crippen LogP contribution in [0.5, 0.6) is 0 Å². The molecule has 9 heteroatoms. The number of amides is 2. The summed E-state index contributed by atoms with van der Waals surface area (Å²) in [5.41, 5.74) is 5.99. The average Bonchev–Trinajstić information content (AvgIpc) is 2.85. The molecule has 1 aromatic rings. The number of methoxy groups -OCH3 is 1. The molecule has 0 heterocycles. The van der Waals surface area contributed by atoms with Crippen LogP contribution >= 0.6 is 0 Å². The number of nitrogens with zero attached hydrogens (tertiary/aromatic N) is 1. The number of nitrogens with one attached hydrogen (secondary N) is 1. The van der Waals surface area contributed by atoms with E-state index in [1.807, 2.05) is 13.8 Å². The summed E-state index contributed by atoms with van der Waals surface area (Å²) in [6.45, 7) is 8.16. The summed E-state index contributed by atoms with van der Waals surface area (Å²) >= 11 is 0. The molecule has 2 rings (SSSR count). The lowest BCUT2D eigenvalue weighted by Crippen LogP contribution is -2.52. The molecule has 38 heavy (non-hydrogen) atoms. The Morgan fingerprint density at radius 1 is 1.18 bits per heavy atom. The van der Waals surface area contributed by atoms with Gasteiger partial charge in [-0.3, -0.25) is 9.59 Å². The van der Waals surface area contributed by atoms with Gasteiger partial charge in [0.15, 0.2) is 0 Å². The van der Waals surface area contributed by atoms with Gasteiger partial charge in [-0.2, -0.15) is 0 Å². The molecule has 0 saturated carbocycles. The smallest absolute Gasteiger partial charge is 0.249 e. The van der Waals surface area contributed by atoms with Gasteiger partial charge in [-0.25, -0.2) is 8.78 Å². The maximum absolute atomic E-state index is 14.1. The van der Waals surface area contributed by atoms with E-state index in [0.717, 1.165) is 25.3 Å². The van der Waals surface area contributed by atoms with Crippen molar-refractivity contribution in [3.8, 4) is 0 Å². The molecule has 0 aromatic heterocycles. The molecule has 0 bridgehead atoms. The lowest BCUT2D eigenvalue weighted by atomic mass is 9.63. The van der Waals surface area contributed by atoms with Crippen molar-refractivity contribution in [3.05, 3.63) is 58.7 Å². The molecule has 212 valence electrons. The van der Waals surface area contributed by atoms with Crippen molar-refractivity contribution < 1.29 is 28.2 Å². The Labute approximate surface area is 225 Å². The van der Waals surface area contributed by atoms with Crippen molar-refractivity contribution in [1.82, 2.24) is 10.2 Å². The minimum Gasteiger partial charge on any atom is -0.391 e. The highest BCUT2D eigenvalue weighted by Crippen LogP contribution is 2.44. The summed E-state index contributed by atoms with van der Waals surface area (Å²) in [7, 11) is 1.60. The van der Waals surface area contributed by atoms with Crippen LogP contribution < -0.4 is 11.1 Å². The molecular formula is C29H43F2N3O4. The fourth-order valence-electron chi connectivity index (χ4n) is 5.29. The number of allylic oxidation sites excluding steroid dienone is 2. The largest absolute Gasteiger partial charge is 0.391 e. The highest BCUT2D eigenvalue weighted by molar-refractivity contribution is 5.96. The highest BCUT2D eigenvalue weighted by atomic mass is 19.1. The molecule has 1 unspecified atom stereocenters. The molecule has 1 aromatic carbocycles. The quantitative estimate of drug-likeness (QED) is 0.281. The van der Waals surface area contributed by atoms with Crippen LogP contribution in [0.2, 0.25) is 0 Å². The first kappa shape index (κ1) is 31.6. The van der Waals surface area contributed by atoms with Gasteiger partial charge in [-0.15, -0.1) is 0 Å². The van der Waals surface area contributed by atoms with Gasteiger partial charge in [-0.1, -0.05) is 31.6 Å². The van der Waals surface area contributed by atoms with Gasteiger partial charge in [0.05, 0.1) is 11.5 Å². The number of primary amides is 1. The Kier molecular flexibility index (Phi) is 12.5. The Bertz CT molecular complexity index is 987. The predicted octanol–water partition coefficient (Wildman–Crippen LogP) is 3.51. The van der Waals surface area contributed by atoms with Gasteiger partial charge in [0, 0.05) is 50.9 Å². The maximum atomic E-state index is 14.1. The molecule has 0 spiro atoms. The van der Waals surface area contributed by atoms with Crippen LogP contribution in [0.1, 0.15) is 52.0 Å². The molecule has 0 saturated heterocycles. The number of hydrogen-bond acceptors (Lipinski definition) is 5. The average molecular weight is 536 g/mol. The summed E-state index contributed by atoms with van der Waals surface area (Å²) in [4.78, 5) is 28.5. The topological polar surface area (TPSA) is 105 Å². The number of nitrogens with two attached hydrogens (primary N) is 1. The summed E-state index contributed by atoms with van der Waals surface area (Å²) in [6.07, 6.45) is 4.63. The van der Waals surface area contributed by atoms with Gasteiger partial charge in [0.1, 0.15) is 11.6 Å². The predicted molar refractivity (Wildman–Crippen MR) is 144 cm³/mol. The standard InChI is InChI=1S/C29H43F2N3O4/c1-5-9-34(10-6-2)27(36)22-12-20(3)17-29(18-22,28(32)37)25(26(35)19-33-8-7-11-38-4)15-21-13-23(30)16-24(31)14-21/h12-14,16-17,25-26,33,35H,5-11,15,18-19H2,1-4H3,(H2,32,37)/t25-,26+,29?/m1/s1. The molecule has 1 aliphatic rings. The first-order chi connectivity index (χ1) is 18.1. The lowest BCUT2D eigenvalue weighted by Gasteiger charge is -2.42. The molecule has 0 fully saturated rings. The van der Waals surface area contributed by atoms with Crippen molar-refractivity contribution >= 4 is 11.8 Å². The number of aliphatic hydroxyl groups is 1. The molecule has 4 N–H and O–H groups in total. The van der Waals surface area contributed by atoms with Crippen molar-refractivity contribution in [2.24, 2.45) is 17.1 Å². The maximum Gasteiger partial charge on any atom is 0.249 e. The molecule has 2 amide bonds. The van der Waals surface area contributed by atoms with Crippen molar-refractivity contribution in [2.45, 2.75) is 59.0 Å². The Morgan fingerprint density at radius 2 is 1.82 bits per heavy atom. The van der Waals surface area contributed by atoms with Gasteiger partial charge in [0.25, 0.3) is 0 Å². The number of halogens is 2. The molecule has 0 radical (unpaired) electrons. The van der Waals surface area contributed by atoms with E-state index in [-0.39, 0.29) is 25.3 Å². The first-order valence-corrected chi connectivity index (χ1v) is 13.4. The van der Waals surface area contributed by atoms with E-state index in [0.29, 0.717) is 43.0 Å². The second-order valence-corrected chi connectivity index (χ2v) is 10.1. The van der Waals surface area contributed by atoms with Gasteiger partial charge in [-0.05, 0) is 63.3 Å². The molecule has 3 atom stereocenters. The number of carbonyl (C=O) groups excluding carboxylic acids is 2. The Morgan fingerprint density at radius 3 is 2.37 bits per heavy atom. The fraction of sp³-hybridized carbons (Fsp3) is 0.586. The highest BCUT2D eigenvalue weighted by Gasteiger charge is 2.48. The second kappa shape index (κ2) is 15.1. The minimum atomic E-state index is -1.44. The number of aliphatic hydroxyl groups excluding tert-OH is 1. The van der Waals surface area contributed by atoms with Crippen LogP contribution in [0.4, 0.5) is 8.78 Å². The normalized spacial score (nSPS) is 18.9. The number of hydrogen-bond donors (Lipinski definition) is 3. The monoisotopic (exact) mass is 535 g/mol. The number of rotatable bonds is 16. The third-order valence-electron chi connectivity index (χ3n) is 6.94. The lowest BCUT2D eigenvalue weighted by molar-refractivity contribution is -0.132. The SMILES string of the molecule is CCCN(CCC)C(=O)C1=CC(C)=CC(C(N)=O)([C@H](Cc2cc(F)cc(F)c2)[C@@H](O)CNCCCOC)C1. The third-order valence-corrected chi connectivity index (χ3v) is 6.94. The number of ether oxygens (including phenoxy) is 1. The van der Waals surface area contributed by atoms with Crippen LogP contribution in [0, 0.1) is 23.0 Å². The molecule has 1 aliphatic carbocycles. The molecular weight excluding hydrogens is 492 g/mol. The minimum absolute atomic E-state index is 0.00830. The van der Waals surface area contributed by atoms with E-state index in [1.54, 1.807) is 31.1 Å². The van der Waals surface area contributed by atoms with Crippen molar-refractivity contribution in [2.75, 3.05) is 39.9 Å². The Hall–Kier alpha value is -2.62. The Balaban J connectivity index is 2.49. The second-order valence-electron chi connectivity index (χ2n) is 10.1. The first-order valence-electron chi connectivity index (χ1n) is 13.4. The summed E-state index contributed by atoms with van der Waals surface area (Å²) in [6, 6.07) is 3.15. The zero-order valence-corrected chi connectivity index (χ0v) is 23.1. The van der Waals surface area contributed by atoms with Gasteiger partial charge in [0.2, 0.25) is 11.8 Å². The van der Waals surface area contributed by atoms with E-state index in [9.17, 15) is 23.5 Å². The van der Waals surface area contributed by atoms with Crippen LogP contribution in [0.3, 0.4) is 0 Å². The summed E-state index contributed by atoms with van der Waals surface area (Å²) in [5.74, 6) is -3.23. The number of benzene rings is 1. The van der Waals surface area contributed by atoms with Crippen LogP contribution in [0.25, 0.3) is 0 Å². The summed E-state index contributed by atoms with van der Waals surface area (Å²) < 4.78 is 33.2. The fourth-order valence-corrected chi connectivity index (χ4v) is 5.29. The number of carbonyl (C=O) groups is 2. The van der Waals surface area contributed by atoms with E-state index in [1.165, 1.54) is 12.1 Å². The van der Waals surface area contributed by atoms with E-state index in [4.69, 9.17) is 10.5 Å². The zero-order chi connectivity index (χ0) is 28.3. The van der Waals surface area contributed by atoms with E-state index < -0.39 is 35.0 Å². The van der Waals surface area contributed by atoms with Crippen LogP contribution in [0.15, 0.2) is 41.5 Å². The van der Waals surface area contributed by atoms with E-state index >= 15 is 0 Å². The summed E-state index contributed by atoms with van der Waals surface area (Å²) in [5, 5.41) is 14.5. The van der Waals surface area contributed by atoms with E-state index in [2.05, 4.69) is 5.32 Å². The van der Waals surface area contributed by atoms with Gasteiger partial charge >= 0.3 is 0 Å². The molecule has 7 nitrogen and oxygen atoms in total. The van der Waals surface area contributed by atoms with Crippen LogP contribution in [-0.2, 0) is 20.7 Å². The van der Waals surface area contributed by atoms with Crippen molar-refractivity contribution in [3.63, 3.8) is 0 Å². The van der Waals surface area contributed by atoms with Crippen LogP contribution in [-0.4, -0.2) is 67.8 Å². The van der Waals surface area contributed by atoms with Gasteiger partial charge < -0.3 is 25.8 Å². The van der Waals surface area contributed by atoms with Crippen molar-refractivity contribution in [1.29, 1.82) is 0 Å².